The highest BCUT2D eigenvalue weighted by Crippen LogP contribution is 2.21. The SMILES string of the molecule is CCCN(CC(=O)OC)C(=O)CC(C)(C)C(=O)O. The van der Waals surface area contributed by atoms with E-state index in [0.29, 0.717) is 13.0 Å². The van der Waals surface area contributed by atoms with Gasteiger partial charge in [0.05, 0.1) is 12.5 Å². The van der Waals surface area contributed by atoms with Crippen LogP contribution in [0.3, 0.4) is 0 Å². The van der Waals surface area contributed by atoms with Crippen LogP contribution < -0.4 is 0 Å². The molecular weight excluding hydrogens is 238 g/mol. The number of carbonyl (C=O) groups is 3. The van der Waals surface area contributed by atoms with E-state index in [0.717, 1.165) is 0 Å². The lowest BCUT2D eigenvalue weighted by Crippen LogP contribution is -2.40. The van der Waals surface area contributed by atoms with Gasteiger partial charge in [-0.15, -0.1) is 0 Å². The quantitative estimate of drug-likeness (QED) is 0.687. The second kappa shape index (κ2) is 6.98. The van der Waals surface area contributed by atoms with Gasteiger partial charge in [0, 0.05) is 13.0 Å². The first-order chi connectivity index (χ1) is 8.24. The standard InChI is InChI=1S/C12H21NO5/c1-5-6-13(8-10(15)18-4)9(14)7-12(2,3)11(16)17/h5-8H2,1-4H3,(H,16,17). The molecule has 0 saturated carbocycles. The summed E-state index contributed by atoms with van der Waals surface area (Å²) < 4.78 is 4.51. The monoisotopic (exact) mass is 259 g/mol. The van der Waals surface area contributed by atoms with Crippen molar-refractivity contribution in [3.63, 3.8) is 0 Å². The van der Waals surface area contributed by atoms with Gasteiger partial charge in [-0.1, -0.05) is 6.92 Å². The topological polar surface area (TPSA) is 83.9 Å². The van der Waals surface area contributed by atoms with Crippen molar-refractivity contribution >= 4 is 17.8 Å². The summed E-state index contributed by atoms with van der Waals surface area (Å²) in [6, 6.07) is 0. The van der Waals surface area contributed by atoms with Crippen molar-refractivity contribution in [2.45, 2.75) is 33.6 Å². The van der Waals surface area contributed by atoms with Gasteiger partial charge in [-0.2, -0.15) is 0 Å². The minimum atomic E-state index is -1.14. The first-order valence-corrected chi connectivity index (χ1v) is 5.82. The third kappa shape index (κ3) is 5.16. The highest BCUT2D eigenvalue weighted by Gasteiger charge is 2.32. The Hall–Kier alpha value is -1.59. The van der Waals surface area contributed by atoms with Gasteiger partial charge >= 0.3 is 11.9 Å². The maximum absolute atomic E-state index is 12.0. The van der Waals surface area contributed by atoms with Gasteiger partial charge in [0.15, 0.2) is 0 Å². The fourth-order valence-electron chi connectivity index (χ4n) is 1.35. The van der Waals surface area contributed by atoms with E-state index >= 15 is 0 Å². The van der Waals surface area contributed by atoms with Crippen molar-refractivity contribution < 1.29 is 24.2 Å². The first-order valence-electron chi connectivity index (χ1n) is 5.82. The van der Waals surface area contributed by atoms with Crippen molar-refractivity contribution in [1.29, 1.82) is 0 Å². The van der Waals surface area contributed by atoms with Gasteiger partial charge in [0.1, 0.15) is 6.54 Å². The number of esters is 1. The third-order valence-corrected chi connectivity index (χ3v) is 2.57. The molecule has 6 heteroatoms. The van der Waals surface area contributed by atoms with Crippen LogP contribution in [0.25, 0.3) is 0 Å². The van der Waals surface area contributed by atoms with E-state index in [1.807, 2.05) is 6.92 Å². The van der Waals surface area contributed by atoms with E-state index < -0.39 is 17.4 Å². The molecule has 0 radical (unpaired) electrons. The number of carbonyl (C=O) groups excluding carboxylic acids is 2. The molecule has 0 unspecified atom stereocenters. The first kappa shape index (κ1) is 16.4. The Balaban J connectivity index is 4.66. The molecule has 0 saturated heterocycles. The number of ether oxygens (including phenoxy) is 1. The van der Waals surface area contributed by atoms with Crippen LogP contribution in [-0.4, -0.2) is 48.1 Å². The minimum absolute atomic E-state index is 0.140. The summed E-state index contributed by atoms with van der Waals surface area (Å²) in [5.74, 6) is -1.90. The largest absolute Gasteiger partial charge is 0.481 e. The molecule has 0 atom stereocenters. The zero-order chi connectivity index (χ0) is 14.3. The van der Waals surface area contributed by atoms with Crippen LogP contribution in [0.2, 0.25) is 0 Å². The number of nitrogens with zero attached hydrogens (tertiary/aromatic N) is 1. The van der Waals surface area contributed by atoms with E-state index in [2.05, 4.69) is 4.74 Å². The van der Waals surface area contributed by atoms with E-state index in [9.17, 15) is 14.4 Å². The van der Waals surface area contributed by atoms with Gasteiger partial charge < -0.3 is 14.7 Å². The summed E-state index contributed by atoms with van der Waals surface area (Å²) in [4.78, 5) is 35.4. The summed E-state index contributed by atoms with van der Waals surface area (Å²) >= 11 is 0. The minimum Gasteiger partial charge on any atom is -0.481 e. The van der Waals surface area contributed by atoms with Crippen LogP contribution in [0, 0.1) is 5.41 Å². The maximum atomic E-state index is 12.0. The molecule has 0 aromatic carbocycles. The van der Waals surface area contributed by atoms with Crippen molar-refractivity contribution in [1.82, 2.24) is 4.90 Å². The summed E-state index contributed by atoms with van der Waals surface area (Å²) in [6.45, 7) is 5.10. The molecule has 1 amide bonds. The molecule has 104 valence electrons. The molecule has 0 aromatic heterocycles. The fourth-order valence-corrected chi connectivity index (χ4v) is 1.35. The molecule has 0 aliphatic heterocycles. The lowest BCUT2D eigenvalue weighted by molar-refractivity contribution is -0.153. The Morgan fingerprint density at radius 3 is 2.22 bits per heavy atom. The van der Waals surface area contributed by atoms with Crippen LogP contribution in [0.5, 0.6) is 0 Å². The highest BCUT2D eigenvalue weighted by atomic mass is 16.5. The van der Waals surface area contributed by atoms with Gasteiger partial charge in [-0.05, 0) is 20.3 Å². The number of methoxy groups -OCH3 is 1. The van der Waals surface area contributed by atoms with Crippen LogP contribution in [0.1, 0.15) is 33.6 Å². The van der Waals surface area contributed by atoms with Gasteiger partial charge in [0.25, 0.3) is 0 Å². The summed E-state index contributed by atoms with van der Waals surface area (Å²) in [7, 11) is 1.25. The molecule has 0 bridgehead atoms. The van der Waals surface area contributed by atoms with Gasteiger partial charge in [0.2, 0.25) is 5.91 Å². The van der Waals surface area contributed by atoms with Crippen molar-refractivity contribution in [2.75, 3.05) is 20.2 Å². The third-order valence-electron chi connectivity index (χ3n) is 2.57. The van der Waals surface area contributed by atoms with Gasteiger partial charge in [-0.3, -0.25) is 14.4 Å². The zero-order valence-corrected chi connectivity index (χ0v) is 11.4. The van der Waals surface area contributed by atoms with E-state index in [1.54, 1.807) is 0 Å². The molecule has 0 fully saturated rings. The van der Waals surface area contributed by atoms with E-state index in [1.165, 1.54) is 25.9 Å². The Kier molecular flexibility index (Phi) is 6.36. The van der Waals surface area contributed by atoms with Crippen LogP contribution in [0.15, 0.2) is 0 Å². The number of carboxylic acids is 1. The van der Waals surface area contributed by atoms with Crippen molar-refractivity contribution in [2.24, 2.45) is 5.41 Å². The lowest BCUT2D eigenvalue weighted by atomic mass is 9.89. The lowest BCUT2D eigenvalue weighted by Gasteiger charge is -2.25. The van der Waals surface area contributed by atoms with E-state index in [4.69, 9.17) is 5.11 Å². The molecule has 6 nitrogen and oxygen atoms in total. The molecule has 0 rings (SSSR count). The number of carboxylic acid groups (broad SMARTS) is 1. The highest BCUT2D eigenvalue weighted by molar-refractivity contribution is 5.86. The average molecular weight is 259 g/mol. The number of rotatable bonds is 7. The normalized spacial score (nSPS) is 10.9. The molecule has 0 aliphatic carbocycles. The Morgan fingerprint density at radius 2 is 1.83 bits per heavy atom. The number of amides is 1. The predicted octanol–water partition coefficient (Wildman–Crippen LogP) is 0.899. The Morgan fingerprint density at radius 1 is 1.28 bits per heavy atom. The molecule has 1 N–H and O–H groups in total. The number of hydrogen-bond acceptors (Lipinski definition) is 4. The predicted molar refractivity (Wildman–Crippen MR) is 64.9 cm³/mol. The maximum Gasteiger partial charge on any atom is 0.325 e. The molecule has 0 aromatic rings. The Labute approximate surface area is 107 Å². The smallest absolute Gasteiger partial charge is 0.325 e. The zero-order valence-electron chi connectivity index (χ0n) is 11.4. The van der Waals surface area contributed by atoms with Crippen molar-refractivity contribution in [3.8, 4) is 0 Å². The van der Waals surface area contributed by atoms with E-state index in [-0.39, 0.29) is 18.9 Å². The molecular formula is C12H21NO5. The number of hydrogen-bond donors (Lipinski definition) is 1. The van der Waals surface area contributed by atoms with Crippen LogP contribution in [0.4, 0.5) is 0 Å². The molecule has 0 aliphatic rings. The van der Waals surface area contributed by atoms with Gasteiger partial charge in [-0.25, -0.2) is 0 Å². The molecule has 0 heterocycles. The summed E-state index contributed by atoms with van der Waals surface area (Å²) in [5.41, 5.74) is -1.14. The Bertz CT molecular complexity index is 324. The second-order valence-electron chi connectivity index (χ2n) is 4.76. The summed E-state index contributed by atoms with van der Waals surface area (Å²) in [6.07, 6.45) is 0.551. The summed E-state index contributed by atoms with van der Waals surface area (Å²) in [5, 5.41) is 8.97. The van der Waals surface area contributed by atoms with Crippen LogP contribution in [-0.2, 0) is 19.1 Å². The molecule has 0 spiro atoms. The van der Waals surface area contributed by atoms with Crippen LogP contribution >= 0.6 is 0 Å². The second-order valence-corrected chi connectivity index (χ2v) is 4.76. The average Bonchev–Trinajstić information content (AvgIpc) is 2.27. The number of aliphatic carboxylic acids is 1. The fraction of sp³-hybridized carbons (Fsp3) is 0.750. The molecule has 18 heavy (non-hydrogen) atoms. The van der Waals surface area contributed by atoms with Crippen molar-refractivity contribution in [3.05, 3.63) is 0 Å².